The Balaban J connectivity index is 2.12. The normalized spacial score (nSPS) is 10.6. The predicted molar refractivity (Wildman–Crippen MR) is 97.7 cm³/mol. The SMILES string of the molecule is Cc1cc(N)cc(COc2c(Br)cc(CCC(=O)O)cc2Br)c1. The lowest BCUT2D eigenvalue weighted by Crippen LogP contribution is -2.01. The monoisotopic (exact) mass is 441 g/mol. The highest BCUT2D eigenvalue weighted by molar-refractivity contribution is 9.11. The second-order valence-electron chi connectivity index (χ2n) is 5.32. The first-order chi connectivity index (χ1) is 10.8. The van der Waals surface area contributed by atoms with Gasteiger partial charge in [-0.1, -0.05) is 6.07 Å². The zero-order valence-corrected chi connectivity index (χ0v) is 15.8. The van der Waals surface area contributed by atoms with Crippen LogP contribution in [-0.2, 0) is 17.8 Å². The van der Waals surface area contributed by atoms with Gasteiger partial charge in [0, 0.05) is 12.1 Å². The molecule has 0 saturated carbocycles. The lowest BCUT2D eigenvalue weighted by atomic mass is 10.1. The van der Waals surface area contributed by atoms with E-state index in [9.17, 15) is 4.79 Å². The second-order valence-corrected chi connectivity index (χ2v) is 7.03. The quantitative estimate of drug-likeness (QED) is 0.636. The summed E-state index contributed by atoms with van der Waals surface area (Å²) in [7, 11) is 0. The Hall–Kier alpha value is -1.53. The van der Waals surface area contributed by atoms with Crippen LogP contribution in [0.3, 0.4) is 0 Å². The van der Waals surface area contributed by atoms with E-state index in [-0.39, 0.29) is 6.42 Å². The number of nitrogen functional groups attached to an aromatic ring is 1. The van der Waals surface area contributed by atoms with Crippen molar-refractivity contribution < 1.29 is 14.6 Å². The first kappa shape index (κ1) is 17.8. The number of aryl methyl sites for hydroxylation is 2. The fourth-order valence-electron chi connectivity index (χ4n) is 2.28. The van der Waals surface area contributed by atoms with Crippen molar-refractivity contribution >= 4 is 43.5 Å². The molecule has 2 aromatic rings. The Morgan fingerprint density at radius 2 is 1.78 bits per heavy atom. The molecule has 0 aromatic heterocycles. The number of carboxylic acid groups (broad SMARTS) is 1. The molecule has 0 heterocycles. The number of halogens is 2. The van der Waals surface area contributed by atoms with Crippen molar-refractivity contribution in [3.8, 4) is 5.75 Å². The highest BCUT2D eigenvalue weighted by atomic mass is 79.9. The molecule has 0 atom stereocenters. The molecule has 0 bridgehead atoms. The van der Waals surface area contributed by atoms with E-state index in [1.807, 2.05) is 37.3 Å². The van der Waals surface area contributed by atoms with Crippen molar-refractivity contribution in [3.05, 3.63) is 56.0 Å². The van der Waals surface area contributed by atoms with Crippen LogP contribution in [0.5, 0.6) is 5.75 Å². The Morgan fingerprint density at radius 3 is 2.35 bits per heavy atom. The van der Waals surface area contributed by atoms with Gasteiger partial charge < -0.3 is 15.6 Å². The molecule has 0 spiro atoms. The summed E-state index contributed by atoms with van der Waals surface area (Å²) in [6.07, 6.45) is 0.572. The van der Waals surface area contributed by atoms with Gasteiger partial charge in [0.15, 0.2) is 0 Å². The summed E-state index contributed by atoms with van der Waals surface area (Å²) in [5.41, 5.74) is 9.57. The molecule has 2 aromatic carbocycles. The molecule has 122 valence electrons. The number of rotatable bonds is 6. The van der Waals surface area contributed by atoms with E-state index in [1.54, 1.807) is 0 Å². The summed E-state index contributed by atoms with van der Waals surface area (Å²) >= 11 is 6.96. The summed E-state index contributed by atoms with van der Waals surface area (Å²) in [6, 6.07) is 9.59. The average Bonchev–Trinajstić information content (AvgIpc) is 2.43. The summed E-state index contributed by atoms with van der Waals surface area (Å²) in [6.45, 7) is 2.39. The van der Waals surface area contributed by atoms with Gasteiger partial charge in [-0.2, -0.15) is 0 Å². The Kier molecular flexibility index (Phi) is 6.07. The van der Waals surface area contributed by atoms with Gasteiger partial charge in [0.2, 0.25) is 0 Å². The number of carbonyl (C=O) groups is 1. The largest absolute Gasteiger partial charge is 0.487 e. The maximum atomic E-state index is 10.7. The second kappa shape index (κ2) is 7.84. The molecule has 6 heteroatoms. The van der Waals surface area contributed by atoms with Crippen molar-refractivity contribution in [2.75, 3.05) is 5.73 Å². The number of carboxylic acids is 1. The zero-order valence-electron chi connectivity index (χ0n) is 12.6. The summed E-state index contributed by atoms with van der Waals surface area (Å²) in [4.78, 5) is 10.7. The van der Waals surface area contributed by atoms with E-state index in [0.717, 1.165) is 25.6 Å². The van der Waals surface area contributed by atoms with Crippen molar-refractivity contribution in [1.82, 2.24) is 0 Å². The molecule has 0 aliphatic heterocycles. The van der Waals surface area contributed by atoms with Crippen molar-refractivity contribution in [1.29, 1.82) is 0 Å². The Labute approximate surface area is 151 Å². The van der Waals surface area contributed by atoms with Crippen LogP contribution >= 0.6 is 31.9 Å². The number of aliphatic carboxylic acids is 1. The third kappa shape index (κ3) is 5.25. The molecule has 0 amide bonds. The van der Waals surface area contributed by atoms with E-state index in [4.69, 9.17) is 15.6 Å². The number of nitrogens with two attached hydrogens (primary N) is 1. The zero-order chi connectivity index (χ0) is 17.0. The van der Waals surface area contributed by atoms with Gasteiger partial charge in [0.05, 0.1) is 8.95 Å². The molecule has 0 unspecified atom stereocenters. The Bertz CT molecular complexity index is 689. The van der Waals surface area contributed by atoms with Gasteiger partial charge in [0.1, 0.15) is 12.4 Å². The van der Waals surface area contributed by atoms with Gasteiger partial charge in [-0.05, 0) is 86.2 Å². The molecule has 3 N–H and O–H groups in total. The lowest BCUT2D eigenvalue weighted by molar-refractivity contribution is -0.136. The number of hydrogen-bond donors (Lipinski definition) is 2. The maximum Gasteiger partial charge on any atom is 0.303 e. The number of ether oxygens (including phenoxy) is 1. The van der Waals surface area contributed by atoms with E-state index < -0.39 is 5.97 Å². The fraction of sp³-hybridized carbons (Fsp3) is 0.235. The molecular formula is C17H17Br2NO3. The minimum atomic E-state index is -0.811. The first-order valence-electron chi connectivity index (χ1n) is 7.03. The molecule has 0 saturated heterocycles. The topological polar surface area (TPSA) is 72.5 Å². The molecule has 0 radical (unpaired) electrons. The van der Waals surface area contributed by atoms with E-state index in [2.05, 4.69) is 31.9 Å². The van der Waals surface area contributed by atoms with Gasteiger partial charge in [-0.15, -0.1) is 0 Å². The van der Waals surface area contributed by atoms with Crippen LogP contribution < -0.4 is 10.5 Å². The third-order valence-corrected chi connectivity index (χ3v) is 4.41. The van der Waals surface area contributed by atoms with Crippen molar-refractivity contribution in [3.63, 3.8) is 0 Å². The van der Waals surface area contributed by atoms with Crippen molar-refractivity contribution in [2.24, 2.45) is 0 Å². The Morgan fingerprint density at radius 1 is 1.13 bits per heavy atom. The summed E-state index contributed by atoms with van der Waals surface area (Å²) in [5.74, 6) is -0.126. The van der Waals surface area contributed by atoms with Gasteiger partial charge in [-0.25, -0.2) is 0 Å². The molecule has 23 heavy (non-hydrogen) atoms. The maximum absolute atomic E-state index is 10.7. The minimum Gasteiger partial charge on any atom is -0.487 e. The van der Waals surface area contributed by atoms with Crippen LogP contribution in [0.25, 0.3) is 0 Å². The number of hydrogen-bond acceptors (Lipinski definition) is 3. The van der Waals surface area contributed by atoms with Gasteiger partial charge >= 0.3 is 5.97 Å². The van der Waals surface area contributed by atoms with Crippen LogP contribution in [0.1, 0.15) is 23.1 Å². The highest BCUT2D eigenvalue weighted by Crippen LogP contribution is 2.35. The van der Waals surface area contributed by atoms with Crippen LogP contribution in [0, 0.1) is 6.92 Å². The molecule has 0 aliphatic rings. The molecule has 2 rings (SSSR count). The fourth-order valence-corrected chi connectivity index (χ4v) is 3.79. The smallest absolute Gasteiger partial charge is 0.303 e. The van der Waals surface area contributed by atoms with Crippen LogP contribution in [0.2, 0.25) is 0 Å². The van der Waals surface area contributed by atoms with E-state index >= 15 is 0 Å². The van der Waals surface area contributed by atoms with Gasteiger partial charge in [-0.3, -0.25) is 4.79 Å². The third-order valence-electron chi connectivity index (χ3n) is 3.23. The molecule has 4 nitrogen and oxygen atoms in total. The van der Waals surface area contributed by atoms with Crippen LogP contribution in [-0.4, -0.2) is 11.1 Å². The van der Waals surface area contributed by atoms with E-state index in [1.165, 1.54) is 0 Å². The van der Waals surface area contributed by atoms with Crippen LogP contribution in [0.15, 0.2) is 39.3 Å². The van der Waals surface area contributed by atoms with Crippen LogP contribution in [0.4, 0.5) is 5.69 Å². The van der Waals surface area contributed by atoms with Gasteiger partial charge in [0.25, 0.3) is 0 Å². The lowest BCUT2D eigenvalue weighted by Gasteiger charge is -2.13. The predicted octanol–water partition coefficient (Wildman–Crippen LogP) is 4.70. The summed E-state index contributed by atoms with van der Waals surface area (Å²) < 4.78 is 7.45. The standard InChI is InChI=1S/C17H17Br2NO3/c1-10-4-12(6-13(20)5-10)9-23-17-14(18)7-11(8-15(17)19)2-3-16(21)22/h4-8H,2-3,9,20H2,1H3,(H,21,22). The number of anilines is 1. The molecule has 0 fully saturated rings. The first-order valence-corrected chi connectivity index (χ1v) is 8.62. The number of benzene rings is 2. The molecular weight excluding hydrogens is 426 g/mol. The highest BCUT2D eigenvalue weighted by Gasteiger charge is 2.11. The summed E-state index contributed by atoms with van der Waals surface area (Å²) in [5, 5.41) is 8.76. The van der Waals surface area contributed by atoms with E-state index in [0.29, 0.717) is 24.5 Å². The van der Waals surface area contributed by atoms with Crippen molar-refractivity contribution in [2.45, 2.75) is 26.4 Å². The average molecular weight is 443 g/mol. The molecule has 0 aliphatic carbocycles. The minimum absolute atomic E-state index is 0.0989.